The summed E-state index contributed by atoms with van der Waals surface area (Å²) in [5.41, 5.74) is 5.95. The van der Waals surface area contributed by atoms with Crippen molar-refractivity contribution in [2.75, 3.05) is 56.4 Å². The summed E-state index contributed by atoms with van der Waals surface area (Å²) in [6.07, 6.45) is -0.137. The van der Waals surface area contributed by atoms with Crippen molar-refractivity contribution in [2.24, 2.45) is 0 Å². The van der Waals surface area contributed by atoms with Gasteiger partial charge in [0.25, 0.3) is 5.91 Å². The zero-order chi connectivity index (χ0) is 51.5. The number of carbonyl (C=O) groups is 3. The second-order valence-corrected chi connectivity index (χ2v) is 18.8. The first-order valence-corrected chi connectivity index (χ1v) is 25.7. The van der Waals surface area contributed by atoms with Crippen LogP contribution in [0, 0.1) is 17.3 Å². The summed E-state index contributed by atoms with van der Waals surface area (Å²) in [5, 5.41) is 20.1. The number of hydrogen-bond acceptors (Lipinski definition) is 12. The quantitative estimate of drug-likeness (QED) is 0.0395. The van der Waals surface area contributed by atoms with Crippen LogP contribution in [0.2, 0.25) is 0 Å². The summed E-state index contributed by atoms with van der Waals surface area (Å²) in [6, 6.07) is 22.4. The molecule has 0 radical (unpaired) electrons. The number of fused-ring (bicyclic) bond motifs is 4. The van der Waals surface area contributed by atoms with Gasteiger partial charge >= 0.3 is 5.97 Å². The van der Waals surface area contributed by atoms with E-state index in [4.69, 9.17) is 15.6 Å². The lowest BCUT2D eigenvalue weighted by Crippen LogP contribution is -3.11. The molecule has 7 rings (SSSR count). The SMILES string of the molecule is CC[NH+](CC)CC.CC[NH+](CC)CC.N=c1ccc2c(-c3ccc(C(=O)NCCC(=O)N4Cc5ccccc5C#Cc5ccccc54)cc3C(=O)O)c3ccc(N)c(S(=O)(=O)[O-])c3oc-2c1S(=O)(=O)[O-]. The number of carboxylic acids is 1. The number of carboxylic acid groups (broad SMARTS) is 1. The molecule has 0 bridgehead atoms. The summed E-state index contributed by atoms with van der Waals surface area (Å²) in [5.74, 6) is 2.79. The molecule has 2 amide bonds. The largest absolute Gasteiger partial charge is 0.744 e. The van der Waals surface area contributed by atoms with E-state index in [-0.39, 0.29) is 53.1 Å². The third-order valence-corrected chi connectivity index (χ3v) is 13.9. The third-order valence-electron chi connectivity index (χ3n) is 12.1. The van der Waals surface area contributed by atoms with Crippen molar-refractivity contribution in [1.29, 1.82) is 5.41 Å². The van der Waals surface area contributed by atoms with Crippen LogP contribution in [0.15, 0.2) is 105 Å². The fraction of sp³-hybridized carbons (Fsp3) is 0.294. The number of aromatic carboxylic acids is 1. The standard InChI is InChI=1S/C39H28N4O11S2.2C6H15N/c40-29-15-13-26-33(27-14-16-30(41)37(56(51,52)53)35(27)54-34(26)36(29)55(48,49)50)25-12-11-23(19-28(25)39(46)47)38(45)42-18-17-32(44)43-20-24-7-2-1-5-21(24)9-10-22-6-3-4-8-31(22)43;2*1-4-7(5-2)6-3/h1-8,11-16,19,40H,17-18,20,41H2,(H,42,45)(H,46,47)(H,48,49,50)(H,51,52,53);2*4-6H2,1-3H3. The molecule has 370 valence electrons. The van der Waals surface area contributed by atoms with Crippen LogP contribution >= 0.6 is 0 Å². The lowest BCUT2D eigenvalue weighted by Gasteiger charge is -2.26. The molecule has 3 aliphatic rings. The summed E-state index contributed by atoms with van der Waals surface area (Å²) < 4.78 is 79.7. The number of rotatable bonds is 14. The molecule has 2 heterocycles. The maximum absolute atomic E-state index is 13.6. The molecular formula is C51H58N6O11S2. The number of nitrogens with two attached hydrogens (primary N) is 1. The highest BCUT2D eigenvalue weighted by Crippen LogP contribution is 2.45. The number of para-hydroxylation sites is 1. The smallest absolute Gasteiger partial charge is 0.336 e. The molecule has 70 heavy (non-hydrogen) atoms. The van der Waals surface area contributed by atoms with Gasteiger partial charge in [0.05, 0.1) is 68.1 Å². The van der Waals surface area contributed by atoms with E-state index in [1.165, 1.54) is 57.5 Å². The van der Waals surface area contributed by atoms with Gasteiger partial charge in [0.15, 0.2) is 11.3 Å². The number of anilines is 2. The highest BCUT2D eigenvalue weighted by atomic mass is 32.2. The molecular weight excluding hydrogens is 937 g/mol. The molecule has 0 unspecified atom stereocenters. The Morgan fingerprint density at radius 3 is 1.89 bits per heavy atom. The second-order valence-electron chi connectivity index (χ2n) is 16.2. The van der Waals surface area contributed by atoms with Crippen molar-refractivity contribution in [2.45, 2.75) is 64.3 Å². The molecule has 2 aliphatic heterocycles. The van der Waals surface area contributed by atoms with E-state index >= 15 is 0 Å². The number of nitrogen functional groups attached to an aromatic ring is 1. The first-order chi connectivity index (χ1) is 33.2. The first kappa shape index (κ1) is 54.0. The number of carbonyl (C=O) groups excluding carboxylic acids is 2. The summed E-state index contributed by atoms with van der Waals surface area (Å²) >= 11 is 0. The van der Waals surface area contributed by atoms with Gasteiger partial charge in [-0.1, -0.05) is 48.2 Å². The third kappa shape index (κ3) is 12.4. The Bertz CT molecular complexity index is 3200. The Kier molecular flexibility index (Phi) is 18.2. The van der Waals surface area contributed by atoms with Gasteiger partial charge < -0.3 is 44.4 Å². The number of hydrogen-bond donors (Lipinski definition) is 6. The van der Waals surface area contributed by atoms with E-state index in [9.17, 15) is 45.4 Å². The normalized spacial score (nSPS) is 12.1. The van der Waals surface area contributed by atoms with Gasteiger partial charge in [0.1, 0.15) is 30.0 Å². The van der Waals surface area contributed by atoms with Crippen LogP contribution in [0.3, 0.4) is 0 Å². The Balaban J connectivity index is 0.000000570. The topological polar surface area (TPSA) is 273 Å². The summed E-state index contributed by atoms with van der Waals surface area (Å²) in [4.78, 5) is 42.4. The van der Waals surface area contributed by atoms with E-state index < -0.39 is 69.9 Å². The minimum atomic E-state index is -5.48. The Labute approximate surface area is 408 Å². The molecule has 0 saturated carbocycles. The zero-order valence-electron chi connectivity index (χ0n) is 39.9. The molecule has 0 aromatic heterocycles. The van der Waals surface area contributed by atoms with E-state index in [2.05, 4.69) is 58.7 Å². The first-order valence-electron chi connectivity index (χ1n) is 22.8. The van der Waals surface area contributed by atoms with Crippen LogP contribution in [-0.4, -0.2) is 94.6 Å². The lowest BCUT2D eigenvalue weighted by atomic mass is 9.89. The molecule has 4 aromatic carbocycles. The molecule has 7 N–H and O–H groups in total. The van der Waals surface area contributed by atoms with Crippen LogP contribution in [0.1, 0.15) is 85.4 Å². The number of nitrogens with zero attached hydrogens (tertiary/aromatic N) is 1. The zero-order valence-corrected chi connectivity index (χ0v) is 41.5. The van der Waals surface area contributed by atoms with Gasteiger partial charge in [-0.15, -0.1) is 0 Å². The van der Waals surface area contributed by atoms with Crippen molar-refractivity contribution in [3.8, 4) is 34.3 Å². The predicted octanol–water partition coefficient (Wildman–Crippen LogP) is 3.70. The van der Waals surface area contributed by atoms with Crippen LogP contribution in [-0.2, 0) is 31.6 Å². The minimum Gasteiger partial charge on any atom is -0.744 e. The van der Waals surface area contributed by atoms with Crippen molar-refractivity contribution < 1.29 is 59.6 Å². The molecule has 19 heteroatoms. The van der Waals surface area contributed by atoms with Gasteiger partial charge in [0.2, 0.25) is 5.91 Å². The number of nitrogens with one attached hydrogen (secondary N) is 4. The van der Waals surface area contributed by atoms with Crippen molar-refractivity contribution in [3.63, 3.8) is 0 Å². The van der Waals surface area contributed by atoms with Crippen molar-refractivity contribution in [3.05, 3.63) is 124 Å². The van der Waals surface area contributed by atoms with E-state index in [1.807, 2.05) is 30.3 Å². The number of benzene rings is 5. The fourth-order valence-corrected chi connectivity index (χ4v) is 9.54. The molecule has 0 atom stereocenters. The second kappa shape index (κ2) is 23.6. The highest BCUT2D eigenvalue weighted by molar-refractivity contribution is 7.86. The lowest BCUT2D eigenvalue weighted by molar-refractivity contribution is -0.894. The fourth-order valence-electron chi connectivity index (χ4n) is 8.09. The van der Waals surface area contributed by atoms with Crippen molar-refractivity contribution in [1.82, 2.24) is 5.32 Å². The Morgan fingerprint density at radius 1 is 0.757 bits per heavy atom. The maximum Gasteiger partial charge on any atom is 0.336 e. The van der Waals surface area contributed by atoms with Gasteiger partial charge in [-0.2, -0.15) is 0 Å². The molecule has 17 nitrogen and oxygen atoms in total. The summed E-state index contributed by atoms with van der Waals surface area (Å²) in [6.45, 7) is 21.1. The van der Waals surface area contributed by atoms with Crippen LogP contribution < -0.4 is 31.1 Å². The van der Waals surface area contributed by atoms with E-state index in [0.29, 0.717) is 11.3 Å². The van der Waals surface area contributed by atoms with E-state index in [1.54, 1.807) is 32.9 Å². The molecule has 0 spiro atoms. The van der Waals surface area contributed by atoms with Gasteiger partial charge in [0, 0.05) is 46.2 Å². The predicted molar refractivity (Wildman–Crippen MR) is 264 cm³/mol. The summed E-state index contributed by atoms with van der Waals surface area (Å²) in [7, 11) is -10.9. The van der Waals surface area contributed by atoms with Crippen LogP contribution in [0.25, 0.3) is 33.4 Å². The van der Waals surface area contributed by atoms with Crippen LogP contribution in [0.4, 0.5) is 11.4 Å². The van der Waals surface area contributed by atoms with Gasteiger partial charge in [-0.3, -0.25) is 15.0 Å². The Morgan fingerprint density at radius 2 is 1.31 bits per heavy atom. The maximum atomic E-state index is 13.6. The van der Waals surface area contributed by atoms with Gasteiger partial charge in [-0.05, 0) is 107 Å². The monoisotopic (exact) mass is 994 g/mol. The van der Waals surface area contributed by atoms with Crippen LogP contribution in [0.5, 0.6) is 0 Å². The molecule has 0 fully saturated rings. The molecule has 1 aliphatic carbocycles. The van der Waals surface area contributed by atoms with Crippen molar-refractivity contribution >= 4 is 60.4 Å². The van der Waals surface area contributed by atoms with E-state index in [0.717, 1.165) is 35.4 Å². The Hall–Kier alpha value is -6.92. The molecule has 4 aromatic rings. The minimum absolute atomic E-state index is 0.137. The number of quaternary nitrogens is 2. The average molecular weight is 995 g/mol. The molecule has 0 saturated heterocycles. The van der Waals surface area contributed by atoms with Gasteiger partial charge in [-0.25, -0.2) is 21.6 Å². The number of amides is 2. The average Bonchev–Trinajstić information content (AvgIpc) is 3.32. The highest BCUT2D eigenvalue weighted by Gasteiger charge is 2.29.